The van der Waals surface area contributed by atoms with E-state index in [0.29, 0.717) is 11.9 Å². The Morgan fingerprint density at radius 2 is 1.73 bits per heavy atom. The largest absolute Gasteiger partial charge is 0.421 e. The van der Waals surface area contributed by atoms with Crippen LogP contribution in [0.5, 0.6) is 0 Å². The first kappa shape index (κ1) is 21.8. The predicted molar refractivity (Wildman–Crippen MR) is 117 cm³/mol. The van der Waals surface area contributed by atoms with Gasteiger partial charge in [0.25, 0.3) is 5.91 Å². The second-order valence-corrected chi connectivity index (χ2v) is 6.89. The van der Waals surface area contributed by atoms with E-state index < -0.39 is 23.5 Å². The number of rotatable bonds is 6. The summed E-state index contributed by atoms with van der Waals surface area (Å²) < 4.78 is 40.8. The van der Waals surface area contributed by atoms with E-state index in [1.807, 2.05) is 12.1 Å². The number of aromatic amines is 1. The molecule has 11 heteroatoms. The van der Waals surface area contributed by atoms with Crippen LogP contribution in [0, 0.1) is 0 Å². The van der Waals surface area contributed by atoms with Gasteiger partial charge in [0.15, 0.2) is 0 Å². The molecule has 0 saturated carbocycles. The van der Waals surface area contributed by atoms with Crippen molar-refractivity contribution >= 4 is 29.0 Å². The normalized spacial score (nSPS) is 11.2. The average molecular weight is 453 g/mol. The van der Waals surface area contributed by atoms with Crippen LogP contribution in [0.15, 0.2) is 67.1 Å². The van der Waals surface area contributed by atoms with E-state index in [9.17, 15) is 18.0 Å². The quantitative estimate of drug-likeness (QED) is 0.336. The van der Waals surface area contributed by atoms with Crippen LogP contribution in [0.3, 0.4) is 0 Å². The fourth-order valence-corrected chi connectivity index (χ4v) is 3.08. The highest BCUT2D eigenvalue weighted by molar-refractivity contribution is 6.00. The molecule has 2 aromatic carbocycles. The van der Waals surface area contributed by atoms with Crippen molar-refractivity contribution in [2.75, 3.05) is 17.7 Å². The number of nitrogens with one attached hydrogen (secondary N) is 4. The molecule has 168 valence electrons. The molecule has 0 unspecified atom stereocenters. The second kappa shape index (κ2) is 8.99. The lowest BCUT2D eigenvalue weighted by Crippen LogP contribution is -2.20. The number of nitrogens with zero attached hydrogens (tertiary/aromatic N) is 3. The minimum Gasteiger partial charge on any atom is -0.355 e. The molecule has 8 nitrogen and oxygen atoms in total. The molecule has 0 aliphatic rings. The number of halogens is 3. The lowest BCUT2D eigenvalue weighted by Gasteiger charge is -2.16. The van der Waals surface area contributed by atoms with E-state index in [4.69, 9.17) is 0 Å². The minimum atomic E-state index is -4.70. The summed E-state index contributed by atoms with van der Waals surface area (Å²) in [5.41, 5.74) is 1.69. The summed E-state index contributed by atoms with van der Waals surface area (Å²) in [6.07, 6.45) is -0.582. The van der Waals surface area contributed by atoms with Crippen molar-refractivity contribution in [3.05, 3.63) is 78.2 Å². The lowest BCUT2D eigenvalue weighted by atomic mass is 10.1. The fourth-order valence-electron chi connectivity index (χ4n) is 3.08. The van der Waals surface area contributed by atoms with Gasteiger partial charge in [-0.3, -0.25) is 9.89 Å². The first-order chi connectivity index (χ1) is 15.8. The standard InChI is InChI=1S/C22H18F3N7O/c1-26-20(33)16-4-2-3-5-18(16)31-19-17(22(23,24)25)12-27-21(32-19)30-15-8-6-13(7-9-15)14-10-28-29-11-14/h2-12H,1H3,(H,26,33)(H,28,29)(H2,27,30,31,32). The molecular weight excluding hydrogens is 435 g/mol. The molecule has 0 aliphatic heterocycles. The van der Waals surface area contributed by atoms with Gasteiger partial charge in [-0.1, -0.05) is 24.3 Å². The Hall–Kier alpha value is -4.41. The van der Waals surface area contributed by atoms with Crippen molar-refractivity contribution in [1.29, 1.82) is 0 Å². The summed E-state index contributed by atoms with van der Waals surface area (Å²) >= 11 is 0. The maximum Gasteiger partial charge on any atom is 0.421 e. The second-order valence-electron chi connectivity index (χ2n) is 6.89. The number of carbonyl (C=O) groups is 1. The van der Waals surface area contributed by atoms with E-state index in [0.717, 1.165) is 11.1 Å². The fraction of sp³-hybridized carbons (Fsp3) is 0.0909. The highest BCUT2D eigenvalue weighted by Gasteiger charge is 2.35. The van der Waals surface area contributed by atoms with Crippen molar-refractivity contribution in [1.82, 2.24) is 25.5 Å². The number of hydrogen-bond acceptors (Lipinski definition) is 6. The number of para-hydroxylation sites is 1. The number of anilines is 4. The van der Waals surface area contributed by atoms with Crippen molar-refractivity contribution in [3.63, 3.8) is 0 Å². The summed E-state index contributed by atoms with van der Waals surface area (Å²) in [5.74, 6) is -0.970. The van der Waals surface area contributed by atoms with Crippen LogP contribution in [0.1, 0.15) is 15.9 Å². The van der Waals surface area contributed by atoms with Crippen LogP contribution >= 0.6 is 0 Å². The van der Waals surface area contributed by atoms with Gasteiger partial charge in [0.1, 0.15) is 11.4 Å². The number of amides is 1. The van der Waals surface area contributed by atoms with Gasteiger partial charge in [-0.15, -0.1) is 0 Å². The van der Waals surface area contributed by atoms with Crippen LogP contribution in [-0.2, 0) is 6.18 Å². The Bertz CT molecular complexity index is 1260. The van der Waals surface area contributed by atoms with Crippen LogP contribution in [0.4, 0.5) is 36.3 Å². The molecular formula is C22H18F3N7O. The zero-order valence-electron chi connectivity index (χ0n) is 17.2. The number of alkyl halides is 3. The van der Waals surface area contributed by atoms with Gasteiger partial charge in [0.2, 0.25) is 5.95 Å². The highest BCUT2D eigenvalue weighted by atomic mass is 19.4. The zero-order valence-corrected chi connectivity index (χ0v) is 17.2. The van der Waals surface area contributed by atoms with E-state index in [2.05, 4.69) is 36.1 Å². The maximum atomic E-state index is 13.6. The number of benzene rings is 2. The molecule has 0 saturated heterocycles. The Labute approximate surface area is 186 Å². The molecule has 33 heavy (non-hydrogen) atoms. The molecule has 4 rings (SSSR count). The van der Waals surface area contributed by atoms with Crippen molar-refractivity contribution in [3.8, 4) is 11.1 Å². The topological polar surface area (TPSA) is 108 Å². The lowest BCUT2D eigenvalue weighted by molar-refractivity contribution is -0.137. The third-order valence-corrected chi connectivity index (χ3v) is 4.72. The zero-order chi connectivity index (χ0) is 23.4. The first-order valence-corrected chi connectivity index (χ1v) is 9.74. The molecule has 2 heterocycles. The monoisotopic (exact) mass is 453 g/mol. The molecule has 0 radical (unpaired) electrons. The van der Waals surface area contributed by atoms with Crippen molar-refractivity contribution in [2.45, 2.75) is 6.18 Å². The van der Waals surface area contributed by atoms with Gasteiger partial charge in [0, 0.05) is 30.7 Å². The van der Waals surface area contributed by atoms with Crippen molar-refractivity contribution < 1.29 is 18.0 Å². The Balaban J connectivity index is 1.64. The molecule has 1 amide bonds. The van der Waals surface area contributed by atoms with Gasteiger partial charge in [0.05, 0.1) is 17.4 Å². The van der Waals surface area contributed by atoms with Gasteiger partial charge in [-0.05, 0) is 29.8 Å². The maximum absolute atomic E-state index is 13.6. The molecule has 2 aromatic heterocycles. The van der Waals surface area contributed by atoms with E-state index in [1.54, 1.807) is 36.7 Å². The van der Waals surface area contributed by atoms with E-state index in [-0.39, 0.29) is 17.2 Å². The highest BCUT2D eigenvalue weighted by Crippen LogP contribution is 2.36. The summed E-state index contributed by atoms with van der Waals surface area (Å²) in [4.78, 5) is 19.9. The molecule has 0 spiro atoms. The van der Waals surface area contributed by atoms with Gasteiger partial charge >= 0.3 is 6.18 Å². The number of aromatic nitrogens is 4. The molecule has 0 fully saturated rings. The summed E-state index contributed by atoms with van der Waals surface area (Å²) in [5, 5.41) is 14.6. The van der Waals surface area contributed by atoms with E-state index in [1.165, 1.54) is 19.2 Å². The Kier molecular flexibility index (Phi) is 5.94. The smallest absolute Gasteiger partial charge is 0.355 e. The molecule has 4 aromatic rings. The van der Waals surface area contributed by atoms with Crippen LogP contribution in [-0.4, -0.2) is 33.1 Å². The first-order valence-electron chi connectivity index (χ1n) is 9.74. The molecule has 0 atom stereocenters. The van der Waals surface area contributed by atoms with Crippen molar-refractivity contribution in [2.24, 2.45) is 0 Å². The Morgan fingerprint density at radius 3 is 2.39 bits per heavy atom. The van der Waals surface area contributed by atoms with Crippen LogP contribution in [0.2, 0.25) is 0 Å². The SMILES string of the molecule is CNC(=O)c1ccccc1Nc1nc(Nc2ccc(-c3cn[nH]c3)cc2)ncc1C(F)(F)F. The molecule has 0 aliphatic carbocycles. The molecule has 4 N–H and O–H groups in total. The summed E-state index contributed by atoms with van der Waals surface area (Å²) in [6, 6.07) is 13.4. The van der Waals surface area contributed by atoms with Crippen LogP contribution in [0.25, 0.3) is 11.1 Å². The number of carbonyl (C=O) groups excluding carboxylic acids is 1. The number of H-pyrrole nitrogens is 1. The summed E-state index contributed by atoms with van der Waals surface area (Å²) in [6.45, 7) is 0. The minimum absolute atomic E-state index is 0.0426. The molecule has 0 bridgehead atoms. The van der Waals surface area contributed by atoms with Gasteiger partial charge in [-0.2, -0.15) is 23.3 Å². The number of hydrogen-bond donors (Lipinski definition) is 4. The van der Waals surface area contributed by atoms with Gasteiger partial charge in [-0.25, -0.2) is 4.98 Å². The third kappa shape index (κ3) is 4.92. The van der Waals surface area contributed by atoms with Crippen LogP contribution < -0.4 is 16.0 Å². The predicted octanol–water partition coefficient (Wildman–Crippen LogP) is 4.73. The third-order valence-electron chi connectivity index (χ3n) is 4.72. The Morgan fingerprint density at radius 1 is 0.970 bits per heavy atom. The van der Waals surface area contributed by atoms with Gasteiger partial charge < -0.3 is 16.0 Å². The summed E-state index contributed by atoms with van der Waals surface area (Å²) in [7, 11) is 1.44. The van der Waals surface area contributed by atoms with E-state index >= 15 is 0 Å². The average Bonchev–Trinajstić information content (AvgIpc) is 3.34.